The Balaban J connectivity index is 2.22. The molecule has 2 aromatic carbocycles. The summed E-state index contributed by atoms with van der Waals surface area (Å²) in [5.74, 6) is 0. The second-order valence-corrected chi connectivity index (χ2v) is 4.51. The molecule has 108 valence electrons. The lowest BCUT2D eigenvalue weighted by Gasteiger charge is -2.10. The first-order valence-corrected chi connectivity index (χ1v) is 6.20. The van der Waals surface area contributed by atoms with Gasteiger partial charge in [-0.2, -0.15) is 0 Å². The molecule has 0 spiro atoms. The summed E-state index contributed by atoms with van der Waals surface area (Å²) in [6, 6.07) is 11.0. The highest BCUT2D eigenvalue weighted by Gasteiger charge is 2.15. The maximum absolute atomic E-state index is 11.0. The zero-order valence-corrected chi connectivity index (χ0v) is 11.3. The van der Waals surface area contributed by atoms with Gasteiger partial charge in [0.2, 0.25) is 0 Å². The molecule has 0 aliphatic carbocycles. The Labute approximate surface area is 120 Å². The molecule has 0 aromatic heterocycles. The normalized spacial score (nSPS) is 10.1. The number of aryl methyl sites for hydroxylation is 1. The SMILES string of the molecule is Cc1cccc([N+](=O)[O-])c1NCc1cccc([N+](=O)[O-])c1. The van der Waals surface area contributed by atoms with Crippen LogP contribution in [0.15, 0.2) is 42.5 Å². The van der Waals surface area contributed by atoms with Gasteiger partial charge in [0.05, 0.1) is 9.85 Å². The van der Waals surface area contributed by atoms with Crippen molar-refractivity contribution < 1.29 is 9.85 Å². The van der Waals surface area contributed by atoms with Crippen LogP contribution in [0.25, 0.3) is 0 Å². The number of hydrogen-bond donors (Lipinski definition) is 1. The summed E-state index contributed by atoms with van der Waals surface area (Å²) < 4.78 is 0. The minimum atomic E-state index is -0.473. The van der Waals surface area contributed by atoms with Gasteiger partial charge in [0, 0.05) is 24.7 Å². The highest BCUT2D eigenvalue weighted by molar-refractivity contribution is 5.66. The van der Waals surface area contributed by atoms with Crippen molar-refractivity contribution >= 4 is 17.1 Å². The first-order valence-electron chi connectivity index (χ1n) is 6.20. The largest absolute Gasteiger partial charge is 0.375 e. The van der Waals surface area contributed by atoms with Gasteiger partial charge in [-0.25, -0.2) is 0 Å². The van der Waals surface area contributed by atoms with Gasteiger partial charge in [-0.1, -0.05) is 24.3 Å². The molecule has 0 amide bonds. The third-order valence-corrected chi connectivity index (χ3v) is 3.04. The maximum Gasteiger partial charge on any atom is 0.292 e. The Morgan fingerprint density at radius 3 is 2.43 bits per heavy atom. The molecule has 0 heterocycles. The zero-order valence-electron chi connectivity index (χ0n) is 11.3. The number of anilines is 1. The number of nitro benzene ring substituents is 2. The molecule has 2 rings (SSSR count). The monoisotopic (exact) mass is 287 g/mol. The molecule has 7 heteroatoms. The molecule has 21 heavy (non-hydrogen) atoms. The van der Waals surface area contributed by atoms with Crippen LogP contribution in [0.2, 0.25) is 0 Å². The molecule has 0 aliphatic rings. The summed E-state index contributed by atoms with van der Waals surface area (Å²) in [5.41, 5.74) is 1.83. The molecule has 0 fully saturated rings. The van der Waals surface area contributed by atoms with Crippen molar-refractivity contribution in [3.8, 4) is 0 Å². The van der Waals surface area contributed by atoms with E-state index in [9.17, 15) is 20.2 Å². The van der Waals surface area contributed by atoms with Crippen LogP contribution in [0.3, 0.4) is 0 Å². The van der Waals surface area contributed by atoms with Gasteiger partial charge in [-0.05, 0) is 18.1 Å². The smallest absolute Gasteiger partial charge is 0.292 e. The Hall–Kier alpha value is -2.96. The first-order chi connectivity index (χ1) is 9.99. The van der Waals surface area contributed by atoms with Crippen molar-refractivity contribution in [2.45, 2.75) is 13.5 Å². The van der Waals surface area contributed by atoms with E-state index in [1.165, 1.54) is 18.2 Å². The van der Waals surface area contributed by atoms with Crippen molar-refractivity contribution in [1.29, 1.82) is 0 Å². The lowest BCUT2D eigenvalue weighted by molar-refractivity contribution is -0.384. The molecule has 0 aliphatic heterocycles. The van der Waals surface area contributed by atoms with Gasteiger partial charge in [0.1, 0.15) is 5.69 Å². The number of hydrogen-bond acceptors (Lipinski definition) is 5. The zero-order chi connectivity index (χ0) is 15.4. The van der Waals surface area contributed by atoms with Crippen molar-refractivity contribution in [3.63, 3.8) is 0 Å². The van der Waals surface area contributed by atoms with E-state index in [0.717, 1.165) is 5.56 Å². The van der Waals surface area contributed by atoms with Crippen LogP contribution in [0.5, 0.6) is 0 Å². The van der Waals surface area contributed by atoms with Crippen LogP contribution in [0.1, 0.15) is 11.1 Å². The number of benzene rings is 2. The topological polar surface area (TPSA) is 98.3 Å². The minimum Gasteiger partial charge on any atom is -0.375 e. The molecular formula is C14H13N3O4. The van der Waals surface area contributed by atoms with Gasteiger partial charge < -0.3 is 5.32 Å². The molecule has 0 radical (unpaired) electrons. The Kier molecular flexibility index (Phi) is 4.13. The number of nitrogens with one attached hydrogen (secondary N) is 1. The number of para-hydroxylation sites is 1. The van der Waals surface area contributed by atoms with Crippen LogP contribution in [-0.2, 0) is 6.54 Å². The summed E-state index contributed by atoms with van der Waals surface area (Å²) in [6.45, 7) is 2.04. The Bertz CT molecular complexity index is 700. The minimum absolute atomic E-state index is 0.00594. The highest BCUT2D eigenvalue weighted by atomic mass is 16.6. The predicted octanol–water partition coefficient (Wildman–Crippen LogP) is 3.42. The maximum atomic E-state index is 11.0. The average molecular weight is 287 g/mol. The van der Waals surface area contributed by atoms with Gasteiger partial charge in [0.25, 0.3) is 11.4 Å². The summed E-state index contributed by atoms with van der Waals surface area (Å²) in [6.07, 6.45) is 0. The van der Waals surface area contributed by atoms with E-state index in [1.54, 1.807) is 31.2 Å². The van der Waals surface area contributed by atoms with E-state index in [1.807, 2.05) is 0 Å². The van der Waals surface area contributed by atoms with Gasteiger partial charge in [-0.3, -0.25) is 20.2 Å². The van der Waals surface area contributed by atoms with Gasteiger partial charge in [-0.15, -0.1) is 0 Å². The summed E-state index contributed by atoms with van der Waals surface area (Å²) in [4.78, 5) is 20.8. The predicted molar refractivity (Wildman–Crippen MR) is 78.3 cm³/mol. The van der Waals surface area contributed by atoms with E-state index in [4.69, 9.17) is 0 Å². The van der Waals surface area contributed by atoms with Crippen LogP contribution < -0.4 is 5.32 Å². The van der Waals surface area contributed by atoms with Gasteiger partial charge in [0.15, 0.2) is 0 Å². The quantitative estimate of drug-likeness (QED) is 0.671. The standard InChI is InChI=1S/C14H13N3O4/c1-10-4-2-7-13(17(20)21)14(10)15-9-11-5-3-6-12(8-11)16(18)19/h2-8,15H,9H2,1H3. The molecule has 0 bridgehead atoms. The lowest BCUT2D eigenvalue weighted by atomic mass is 10.1. The molecule has 1 N–H and O–H groups in total. The number of rotatable bonds is 5. The van der Waals surface area contributed by atoms with Crippen LogP contribution in [0, 0.1) is 27.2 Å². The molecule has 7 nitrogen and oxygen atoms in total. The average Bonchev–Trinajstić information content (AvgIpc) is 2.46. The molecule has 0 unspecified atom stereocenters. The highest BCUT2D eigenvalue weighted by Crippen LogP contribution is 2.28. The number of nitrogens with zero attached hydrogens (tertiary/aromatic N) is 2. The molecular weight excluding hydrogens is 274 g/mol. The van der Waals surface area contributed by atoms with Crippen LogP contribution in [0.4, 0.5) is 17.1 Å². The second-order valence-electron chi connectivity index (χ2n) is 4.51. The van der Waals surface area contributed by atoms with E-state index >= 15 is 0 Å². The van der Waals surface area contributed by atoms with E-state index in [0.29, 0.717) is 11.3 Å². The fourth-order valence-electron chi connectivity index (χ4n) is 2.00. The third kappa shape index (κ3) is 3.33. The van der Waals surface area contributed by atoms with Crippen molar-refractivity contribution in [1.82, 2.24) is 0 Å². The lowest BCUT2D eigenvalue weighted by Crippen LogP contribution is -2.04. The number of nitro groups is 2. The fraction of sp³-hybridized carbons (Fsp3) is 0.143. The van der Waals surface area contributed by atoms with Crippen molar-refractivity contribution in [3.05, 3.63) is 73.8 Å². The molecule has 0 saturated carbocycles. The molecule has 2 aromatic rings. The second kappa shape index (κ2) is 6.00. The van der Waals surface area contributed by atoms with Crippen molar-refractivity contribution in [2.24, 2.45) is 0 Å². The third-order valence-electron chi connectivity index (χ3n) is 3.04. The Morgan fingerprint density at radius 1 is 1.05 bits per heavy atom. The van der Waals surface area contributed by atoms with Gasteiger partial charge >= 0.3 is 0 Å². The van der Waals surface area contributed by atoms with E-state index in [-0.39, 0.29) is 17.9 Å². The molecule has 0 saturated heterocycles. The van der Waals surface area contributed by atoms with E-state index in [2.05, 4.69) is 5.32 Å². The van der Waals surface area contributed by atoms with Crippen molar-refractivity contribution in [2.75, 3.05) is 5.32 Å². The fourth-order valence-corrected chi connectivity index (χ4v) is 2.00. The molecule has 0 atom stereocenters. The summed E-state index contributed by atoms with van der Waals surface area (Å²) in [7, 11) is 0. The Morgan fingerprint density at radius 2 is 1.76 bits per heavy atom. The van der Waals surface area contributed by atoms with E-state index < -0.39 is 9.85 Å². The summed E-state index contributed by atoms with van der Waals surface area (Å²) >= 11 is 0. The van der Waals surface area contributed by atoms with Crippen LogP contribution >= 0.6 is 0 Å². The summed E-state index contributed by atoms with van der Waals surface area (Å²) in [5, 5.41) is 24.7. The van der Waals surface area contributed by atoms with Crippen LogP contribution in [-0.4, -0.2) is 9.85 Å². The number of non-ortho nitro benzene ring substituents is 1. The first kappa shape index (κ1) is 14.4.